The Morgan fingerprint density at radius 2 is 1.71 bits per heavy atom. The summed E-state index contributed by atoms with van der Waals surface area (Å²) >= 11 is 12.1. The van der Waals surface area contributed by atoms with E-state index in [2.05, 4.69) is 10.1 Å². The van der Waals surface area contributed by atoms with Crippen molar-refractivity contribution in [3.05, 3.63) is 99.3 Å². The molecule has 4 N–H and O–H groups in total. The molecule has 0 spiro atoms. The average molecular weight is 513 g/mol. The number of hydrogen-bond donors (Lipinski definition) is 3. The highest BCUT2D eigenvalue weighted by atomic mass is 35.5. The van der Waals surface area contributed by atoms with Gasteiger partial charge >= 0.3 is 0 Å². The number of para-hydroxylation sites is 2. The maximum Gasteiger partial charge on any atom is 0.203 e. The SMILES string of the molecule is N=c1n(CC(C=NCc2ccc(F)cc2)=NN)c2ccccc2n1CC(O)c1ccc(Cl)c(Cl)c1. The van der Waals surface area contributed by atoms with Gasteiger partial charge in [0.05, 0.1) is 52.5 Å². The normalized spacial score (nSPS) is 13.1. The van der Waals surface area contributed by atoms with E-state index in [1.165, 1.54) is 12.1 Å². The molecular formula is C25H23Cl2FN6O. The highest BCUT2D eigenvalue weighted by Crippen LogP contribution is 2.27. The average Bonchev–Trinajstić information content (AvgIpc) is 3.12. The number of hydrogen-bond acceptors (Lipinski definition) is 5. The van der Waals surface area contributed by atoms with Crippen molar-refractivity contribution in [2.75, 3.05) is 0 Å². The van der Waals surface area contributed by atoms with Crippen molar-refractivity contribution < 1.29 is 9.50 Å². The first-order chi connectivity index (χ1) is 16.9. The van der Waals surface area contributed by atoms with Gasteiger partial charge in [-0.2, -0.15) is 5.10 Å². The van der Waals surface area contributed by atoms with E-state index in [9.17, 15) is 9.50 Å². The van der Waals surface area contributed by atoms with Crippen LogP contribution < -0.4 is 11.5 Å². The number of benzene rings is 3. The topological polar surface area (TPSA) is 105 Å². The van der Waals surface area contributed by atoms with Gasteiger partial charge in [0, 0.05) is 6.21 Å². The minimum atomic E-state index is -0.905. The van der Waals surface area contributed by atoms with Gasteiger partial charge in [0.2, 0.25) is 5.62 Å². The molecule has 0 saturated heterocycles. The summed E-state index contributed by atoms with van der Waals surface area (Å²) in [6.07, 6.45) is 0.643. The molecule has 1 aromatic heterocycles. The Bertz CT molecular complexity index is 1460. The molecule has 3 aromatic carbocycles. The molecule has 0 fully saturated rings. The van der Waals surface area contributed by atoms with Crippen molar-refractivity contribution in [2.24, 2.45) is 15.9 Å². The van der Waals surface area contributed by atoms with Crippen LogP contribution in [0.1, 0.15) is 17.2 Å². The van der Waals surface area contributed by atoms with Crippen LogP contribution in [0.25, 0.3) is 11.0 Å². The molecule has 7 nitrogen and oxygen atoms in total. The first-order valence-corrected chi connectivity index (χ1v) is 11.5. The van der Waals surface area contributed by atoms with Crippen LogP contribution in [0.2, 0.25) is 10.0 Å². The maximum atomic E-state index is 13.1. The fraction of sp³-hybridized carbons (Fsp3) is 0.160. The van der Waals surface area contributed by atoms with Gasteiger partial charge in [-0.25, -0.2) is 4.39 Å². The Balaban J connectivity index is 1.59. The molecule has 180 valence electrons. The Morgan fingerprint density at radius 1 is 1.03 bits per heavy atom. The summed E-state index contributed by atoms with van der Waals surface area (Å²) in [6.45, 7) is 0.687. The number of aliphatic hydroxyl groups excluding tert-OH is 1. The molecule has 0 aliphatic carbocycles. The molecule has 4 aromatic rings. The Labute approximate surface area is 211 Å². The van der Waals surface area contributed by atoms with Crippen molar-refractivity contribution in [2.45, 2.75) is 25.7 Å². The minimum absolute atomic E-state index is 0.137. The number of halogens is 3. The smallest absolute Gasteiger partial charge is 0.203 e. The largest absolute Gasteiger partial charge is 0.387 e. The molecule has 0 aliphatic rings. The van der Waals surface area contributed by atoms with Gasteiger partial charge in [-0.05, 0) is 47.5 Å². The van der Waals surface area contributed by atoms with Crippen molar-refractivity contribution in [3.63, 3.8) is 0 Å². The highest BCUT2D eigenvalue weighted by molar-refractivity contribution is 6.42. The van der Waals surface area contributed by atoms with Crippen LogP contribution >= 0.6 is 23.2 Å². The zero-order valence-corrected chi connectivity index (χ0v) is 20.1. The van der Waals surface area contributed by atoms with Gasteiger partial charge in [0.15, 0.2) is 0 Å². The lowest BCUT2D eigenvalue weighted by Crippen LogP contribution is -2.29. The summed E-state index contributed by atoms with van der Waals surface area (Å²) in [7, 11) is 0. The number of aromatic nitrogens is 2. The van der Waals surface area contributed by atoms with E-state index in [1.54, 1.807) is 45.7 Å². The lowest BCUT2D eigenvalue weighted by molar-refractivity contribution is 0.156. The summed E-state index contributed by atoms with van der Waals surface area (Å²) in [5, 5.41) is 24.2. The highest BCUT2D eigenvalue weighted by Gasteiger charge is 2.17. The summed E-state index contributed by atoms with van der Waals surface area (Å²) in [6, 6.07) is 18.6. The third-order valence-corrected chi connectivity index (χ3v) is 6.31. The molecule has 1 heterocycles. The van der Waals surface area contributed by atoms with Crippen LogP contribution in [0.5, 0.6) is 0 Å². The van der Waals surface area contributed by atoms with Crippen LogP contribution in [0.3, 0.4) is 0 Å². The molecule has 1 unspecified atom stereocenters. The Hall–Kier alpha value is -3.46. The summed E-state index contributed by atoms with van der Waals surface area (Å²) in [5.41, 5.74) is 3.63. The van der Waals surface area contributed by atoms with Gasteiger partial charge < -0.3 is 20.1 Å². The minimum Gasteiger partial charge on any atom is -0.387 e. The van der Waals surface area contributed by atoms with Crippen LogP contribution in [0.4, 0.5) is 4.39 Å². The summed E-state index contributed by atoms with van der Waals surface area (Å²) < 4.78 is 16.5. The molecule has 35 heavy (non-hydrogen) atoms. The molecule has 0 saturated carbocycles. The number of nitrogens with one attached hydrogen (secondary N) is 1. The van der Waals surface area contributed by atoms with E-state index in [1.807, 2.05) is 24.3 Å². The van der Waals surface area contributed by atoms with Crippen LogP contribution in [-0.4, -0.2) is 26.2 Å². The van der Waals surface area contributed by atoms with Crippen molar-refractivity contribution in [1.29, 1.82) is 5.41 Å². The zero-order chi connectivity index (χ0) is 24.9. The van der Waals surface area contributed by atoms with Gasteiger partial charge in [0.1, 0.15) is 5.82 Å². The number of aliphatic imine (C=N–C) groups is 1. The van der Waals surface area contributed by atoms with E-state index in [4.69, 9.17) is 34.5 Å². The van der Waals surface area contributed by atoms with Gasteiger partial charge in [-0.1, -0.05) is 53.5 Å². The van der Waals surface area contributed by atoms with E-state index >= 15 is 0 Å². The monoisotopic (exact) mass is 512 g/mol. The molecule has 0 radical (unpaired) electrons. The predicted octanol–water partition coefficient (Wildman–Crippen LogP) is 4.69. The van der Waals surface area contributed by atoms with Crippen molar-refractivity contribution >= 4 is 46.2 Å². The predicted molar refractivity (Wildman–Crippen MR) is 137 cm³/mol. The van der Waals surface area contributed by atoms with E-state index in [0.717, 1.165) is 16.6 Å². The third kappa shape index (κ3) is 5.62. The van der Waals surface area contributed by atoms with Crippen molar-refractivity contribution in [1.82, 2.24) is 9.13 Å². The zero-order valence-electron chi connectivity index (χ0n) is 18.6. The number of rotatable bonds is 8. The first-order valence-electron chi connectivity index (χ1n) is 10.7. The molecular weight excluding hydrogens is 490 g/mol. The Morgan fingerprint density at radius 3 is 2.37 bits per heavy atom. The van der Waals surface area contributed by atoms with E-state index in [-0.39, 0.29) is 24.5 Å². The number of imidazole rings is 1. The quantitative estimate of drug-likeness (QED) is 0.181. The van der Waals surface area contributed by atoms with Crippen molar-refractivity contribution in [3.8, 4) is 0 Å². The fourth-order valence-electron chi connectivity index (χ4n) is 3.76. The molecule has 1 atom stereocenters. The lowest BCUT2D eigenvalue weighted by Gasteiger charge is -2.13. The second-order valence-electron chi connectivity index (χ2n) is 7.92. The first kappa shape index (κ1) is 24.7. The second kappa shape index (κ2) is 10.9. The summed E-state index contributed by atoms with van der Waals surface area (Å²) in [4.78, 5) is 4.36. The van der Waals surface area contributed by atoms with E-state index < -0.39 is 6.10 Å². The van der Waals surface area contributed by atoms with E-state index in [0.29, 0.717) is 27.9 Å². The summed E-state index contributed by atoms with van der Waals surface area (Å²) in [5.74, 6) is 5.30. The van der Waals surface area contributed by atoms with Crippen LogP contribution in [-0.2, 0) is 19.6 Å². The number of hydrazone groups is 1. The van der Waals surface area contributed by atoms with Gasteiger partial charge in [-0.3, -0.25) is 10.4 Å². The molecule has 4 rings (SSSR count). The molecule has 0 aliphatic heterocycles. The third-order valence-electron chi connectivity index (χ3n) is 5.57. The standard InChI is InChI=1S/C25H23Cl2FN6O/c26-20-10-7-17(11-21(20)27)24(35)15-34-23-4-2-1-3-22(23)33(25(34)29)14-19(32-30)13-31-12-16-5-8-18(28)9-6-16/h1-11,13,24,29,35H,12,14-15,30H2. The molecule has 0 amide bonds. The van der Waals surface area contributed by atoms with Crippen LogP contribution in [0.15, 0.2) is 76.8 Å². The second-order valence-corrected chi connectivity index (χ2v) is 8.73. The number of nitrogens with zero attached hydrogens (tertiary/aromatic N) is 4. The molecule has 0 bridgehead atoms. The van der Waals surface area contributed by atoms with Crippen LogP contribution in [0, 0.1) is 11.2 Å². The van der Waals surface area contributed by atoms with Gasteiger partial charge in [0.25, 0.3) is 0 Å². The lowest BCUT2D eigenvalue weighted by atomic mass is 10.1. The number of aliphatic hydroxyl groups is 1. The number of nitrogens with two attached hydrogens (primary N) is 1. The molecule has 10 heteroatoms. The Kier molecular flexibility index (Phi) is 7.65. The maximum absolute atomic E-state index is 13.1. The van der Waals surface area contributed by atoms with Gasteiger partial charge in [-0.15, -0.1) is 0 Å². The fourth-order valence-corrected chi connectivity index (χ4v) is 4.07. The number of fused-ring (bicyclic) bond motifs is 1.